The van der Waals surface area contributed by atoms with Gasteiger partial charge in [-0.1, -0.05) is 41.1 Å². The van der Waals surface area contributed by atoms with Crippen LogP contribution in [-0.2, 0) is 6.54 Å². The zero-order valence-electron chi connectivity index (χ0n) is 18.5. The van der Waals surface area contributed by atoms with E-state index < -0.39 is 11.0 Å². The summed E-state index contributed by atoms with van der Waals surface area (Å²) >= 11 is 0. The lowest BCUT2D eigenvalue weighted by molar-refractivity contribution is -0.384. The van der Waals surface area contributed by atoms with Crippen molar-refractivity contribution in [2.24, 2.45) is 0 Å². The average molecular weight is 453 g/mol. The predicted octanol–water partition coefficient (Wildman–Crippen LogP) is 2.51. The van der Waals surface area contributed by atoms with E-state index in [9.17, 15) is 15.2 Å². The summed E-state index contributed by atoms with van der Waals surface area (Å²) in [6, 6.07) is 14.0. The van der Waals surface area contributed by atoms with Gasteiger partial charge in [0, 0.05) is 44.4 Å². The Kier molecular flexibility index (Phi) is 7.28. The molecule has 1 aromatic heterocycles. The first-order chi connectivity index (χ1) is 16.0. The van der Waals surface area contributed by atoms with Crippen LogP contribution in [0.5, 0.6) is 5.75 Å². The second-order valence-corrected chi connectivity index (χ2v) is 8.17. The molecule has 1 saturated heterocycles. The zero-order chi connectivity index (χ0) is 23.2. The van der Waals surface area contributed by atoms with Crippen LogP contribution in [0, 0.1) is 17.0 Å². The molecule has 0 radical (unpaired) electrons. The van der Waals surface area contributed by atoms with Gasteiger partial charge < -0.3 is 14.4 Å². The maximum Gasteiger partial charge on any atom is 0.273 e. The van der Waals surface area contributed by atoms with Crippen molar-refractivity contribution in [3.05, 3.63) is 70.1 Å². The number of piperazine rings is 1. The van der Waals surface area contributed by atoms with E-state index in [0.717, 1.165) is 31.7 Å². The summed E-state index contributed by atoms with van der Waals surface area (Å²) in [6.07, 6.45) is -0.691. The summed E-state index contributed by atoms with van der Waals surface area (Å²) in [6.45, 7) is 6.41. The van der Waals surface area contributed by atoms with Crippen molar-refractivity contribution in [3.63, 3.8) is 0 Å². The number of aromatic nitrogens is 2. The van der Waals surface area contributed by atoms with Gasteiger partial charge in [0.1, 0.15) is 18.5 Å². The molecule has 1 aliphatic heterocycles. The van der Waals surface area contributed by atoms with Crippen molar-refractivity contribution >= 4 is 5.69 Å². The predicted molar refractivity (Wildman–Crippen MR) is 121 cm³/mol. The van der Waals surface area contributed by atoms with Gasteiger partial charge in [-0.15, -0.1) is 0 Å². The largest absolute Gasteiger partial charge is 0.491 e. The Morgan fingerprint density at radius 2 is 1.88 bits per heavy atom. The van der Waals surface area contributed by atoms with E-state index in [2.05, 4.69) is 19.9 Å². The Labute approximate surface area is 191 Å². The van der Waals surface area contributed by atoms with Crippen LogP contribution >= 0.6 is 0 Å². The Balaban J connectivity index is 1.19. The van der Waals surface area contributed by atoms with Gasteiger partial charge in [-0.05, 0) is 13.0 Å². The van der Waals surface area contributed by atoms with E-state index in [1.165, 1.54) is 17.7 Å². The van der Waals surface area contributed by atoms with E-state index in [1.807, 2.05) is 31.2 Å². The van der Waals surface area contributed by atoms with Crippen molar-refractivity contribution in [1.29, 1.82) is 0 Å². The second-order valence-electron chi connectivity index (χ2n) is 8.17. The number of hydrogen-bond donors (Lipinski definition) is 1. The SMILES string of the molecule is Cc1ccc(-c2noc(CN3CCN(CC(O)COc4cccc([N+](=O)[O-])c4)CC3)n2)cc1. The van der Waals surface area contributed by atoms with Gasteiger partial charge in [0.2, 0.25) is 11.7 Å². The second kappa shape index (κ2) is 10.5. The monoisotopic (exact) mass is 453 g/mol. The minimum absolute atomic E-state index is 0.0367. The number of aliphatic hydroxyl groups is 1. The zero-order valence-corrected chi connectivity index (χ0v) is 18.5. The Bertz CT molecular complexity index is 1060. The minimum atomic E-state index is -0.691. The molecule has 2 heterocycles. The highest BCUT2D eigenvalue weighted by Gasteiger charge is 2.21. The number of β-amino-alcohol motifs (C(OH)–C–C–N with tert-alkyl or cyclic N) is 1. The van der Waals surface area contributed by atoms with Gasteiger partial charge >= 0.3 is 0 Å². The van der Waals surface area contributed by atoms with E-state index in [1.54, 1.807) is 12.1 Å². The molecular weight excluding hydrogens is 426 g/mol. The summed E-state index contributed by atoms with van der Waals surface area (Å²) in [5.41, 5.74) is 2.08. The lowest BCUT2D eigenvalue weighted by Gasteiger charge is -2.34. The number of aliphatic hydroxyl groups excluding tert-OH is 1. The maximum atomic E-state index is 10.8. The molecule has 1 unspecified atom stereocenters. The molecule has 1 atom stereocenters. The minimum Gasteiger partial charge on any atom is -0.491 e. The van der Waals surface area contributed by atoms with Crippen molar-refractivity contribution in [2.75, 3.05) is 39.3 Å². The van der Waals surface area contributed by atoms with Crippen LogP contribution in [0.2, 0.25) is 0 Å². The molecule has 10 heteroatoms. The number of benzene rings is 2. The van der Waals surface area contributed by atoms with Gasteiger partial charge in [0.15, 0.2) is 0 Å². The van der Waals surface area contributed by atoms with Gasteiger partial charge in [-0.25, -0.2) is 0 Å². The van der Waals surface area contributed by atoms with Gasteiger partial charge in [-0.2, -0.15) is 4.98 Å². The number of nitrogens with zero attached hydrogens (tertiary/aromatic N) is 5. The van der Waals surface area contributed by atoms with Gasteiger partial charge in [-0.3, -0.25) is 19.9 Å². The molecule has 33 heavy (non-hydrogen) atoms. The standard InChI is InChI=1S/C23H27N5O5/c1-17-5-7-18(8-6-17)23-24-22(33-25-23)15-27-11-9-26(10-12-27)14-20(29)16-32-21-4-2-3-19(13-21)28(30)31/h2-8,13,20,29H,9-12,14-16H2,1H3. The lowest BCUT2D eigenvalue weighted by Crippen LogP contribution is -2.48. The molecule has 2 aromatic carbocycles. The number of non-ortho nitro benzene ring substituents is 1. The topological polar surface area (TPSA) is 118 Å². The number of aryl methyl sites for hydroxylation is 1. The smallest absolute Gasteiger partial charge is 0.273 e. The summed E-state index contributed by atoms with van der Waals surface area (Å²) in [4.78, 5) is 19.3. The third-order valence-corrected chi connectivity index (χ3v) is 5.54. The third-order valence-electron chi connectivity index (χ3n) is 5.54. The van der Waals surface area contributed by atoms with Crippen molar-refractivity contribution in [3.8, 4) is 17.1 Å². The Morgan fingerprint density at radius 3 is 2.61 bits per heavy atom. The fraction of sp³-hybridized carbons (Fsp3) is 0.391. The first-order valence-electron chi connectivity index (χ1n) is 10.9. The Morgan fingerprint density at radius 1 is 1.15 bits per heavy atom. The Hall–Kier alpha value is -3.34. The lowest BCUT2D eigenvalue weighted by atomic mass is 10.1. The number of nitro groups is 1. The van der Waals surface area contributed by atoms with Crippen molar-refractivity contribution in [2.45, 2.75) is 19.6 Å². The van der Waals surface area contributed by atoms with Crippen molar-refractivity contribution in [1.82, 2.24) is 19.9 Å². The first kappa shape index (κ1) is 22.8. The first-order valence-corrected chi connectivity index (χ1v) is 10.9. The number of ether oxygens (including phenoxy) is 1. The number of hydrogen-bond acceptors (Lipinski definition) is 9. The van der Waals surface area contributed by atoms with Gasteiger partial charge in [0.05, 0.1) is 17.5 Å². The summed E-state index contributed by atoms with van der Waals surface area (Å²) in [5.74, 6) is 1.55. The fourth-order valence-corrected chi connectivity index (χ4v) is 3.69. The van der Waals surface area contributed by atoms with Crippen LogP contribution < -0.4 is 4.74 Å². The highest BCUT2D eigenvalue weighted by molar-refractivity contribution is 5.54. The number of rotatable bonds is 9. The molecule has 0 aliphatic carbocycles. The normalized spacial score (nSPS) is 15.9. The third kappa shape index (κ3) is 6.35. The molecule has 1 fully saturated rings. The van der Waals surface area contributed by atoms with Crippen LogP contribution in [0.1, 0.15) is 11.5 Å². The van der Waals surface area contributed by atoms with Crippen LogP contribution in [0.25, 0.3) is 11.4 Å². The van der Waals surface area contributed by atoms with Crippen LogP contribution in [0.3, 0.4) is 0 Å². The van der Waals surface area contributed by atoms with Crippen LogP contribution in [-0.4, -0.2) is 75.4 Å². The molecule has 0 saturated carbocycles. The summed E-state index contributed by atoms with van der Waals surface area (Å²) in [7, 11) is 0. The molecule has 0 spiro atoms. The fourth-order valence-electron chi connectivity index (χ4n) is 3.69. The van der Waals surface area contributed by atoms with Crippen LogP contribution in [0.4, 0.5) is 5.69 Å². The van der Waals surface area contributed by atoms with E-state index >= 15 is 0 Å². The molecule has 1 N–H and O–H groups in total. The van der Waals surface area contributed by atoms with Gasteiger partial charge in [0.25, 0.3) is 5.69 Å². The molecule has 0 bridgehead atoms. The number of nitro benzene ring substituents is 1. The molecule has 0 amide bonds. The molecule has 4 rings (SSSR count). The van der Waals surface area contributed by atoms with E-state index in [4.69, 9.17) is 9.26 Å². The molecular formula is C23H27N5O5. The maximum absolute atomic E-state index is 10.8. The van der Waals surface area contributed by atoms with E-state index in [-0.39, 0.29) is 12.3 Å². The summed E-state index contributed by atoms with van der Waals surface area (Å²) < 4.78 is 11.0. The highest BCUT2D eigenvalue weighted by atomic mass is 16.6. The molecule has 174 valence electrons. The van der Waals surface area contributed by atoms with Crippen LogP contribution in [0.15, 0.2) is 53.1 Å². The summed E-state index contributed by atoms with van der Waals surface area (Å²) in [5, 5.41) is 25.3. The van der Waals surface area contributed by atoms with Crippen molar-refractivity contribution < 1.29 is 19.3 Å². The molecule has 1 aliphatic rings. The quantitative estimate of drug-likeness (QED) is 0.385. The van der Waals surface area contributed by atoms with E-state index in [0.29, 0.717) is 30.6 Å². The highest BCUT2D eigenvalue weighted by Crippen LogP contribution is 2.20. The molecule has 3 aromatic rings. The average Bonchev–Trinajstić information content (AvgIpc) is 3.28. The molecule has 10 nitrogen and oxygen atoms in total.